The fourth-order valence-electron chi connectivity index (χ4n) is 2.02. The standard InChI is InChI=1S/C13H16N2O3/c1-3-14-12(13(16)17)10-7-15-11-5-4-8(18-2)6-9(10)11/h4-7,12,14-15H,3H2,1-2H3,(H,16,17). The molecule has 1 aromatic heterocycles. The lowest BCUT2D eigenvalue weighted by Crippen LogP contribution is -2.27. The normalized spacial score (nSPS) is 12.6. The summed E-state index contributed by atoms with van der Waals surface area (Å²) in [6.07, 6.45) is 1.73. The van der Waals surface area contributed by atoms with Gasteiger partial charge in [-0.3, -0.25) is 4.79 Å². The molecule has 1 atom stereocenters. The van der Waals surface area contributed by atoms with Crippen molar-refractivity contribution in [2.75, 3.05) is 13.7 Å². The minimum absolute atomic E-state index is 0.591. The Bertz CT molecular complexity index is 562. The molecular weight excluding hydrogens is 232 g/mol. The molecule has 3 N–H and O–H groups in total. The molecule has 1 heterocycles. The van der Waals surface area contributed by atoms with E-state index in [1.54, 1.807) is 13.3 Å². The highest BCUT2D eigenvalue weighted by molar-refractivity contribution is 5.90. The number of ether oxygens (including phenoxy) is 1. The molecule has 0 fully saturated rings. The first kappa shape index (κ1) is 12.4. The Balaban J connectivity index is 2.51. The van der Waals surface area contributed by atoms with Crippen LogP contribution in [-0.4, -0.2) is 29.7 Å². The Hall–Kier alpha value is -2.01. The summed E-state index contributed by atoms with van der Waals surface area (Å²) in [5.74, 6) is -0.176. The fourth-order valence-corrected chi connectivity index (χ4v) is 2.02. The quantitative estimate of drug-likeness (QED) is 0.755. The zero-order valence-corrected chi connectivity index (χ0v) is 10.4. The molecule has 2 aromatic rings. The summed E-state index contributed by atoms with van der Waals surface area (Å²) < 4.78 is 5.17. The minimum Gasteiger partial charge on any atom is -0.497 e. The van der Waals surface area contributed by atoms with E-state index in [-0.39, 0.29) is 0 Å². The highest BCUT2D eigenvalue weighted by Crippen LogP contribution is 2.27. The largest absolute Gasteiger partial charge is 0.497 e. The van der Waals surface area contributed by atoms with E-state index in [9.17, 15) is 9.90 Å². The predicted octanol–water partition coefficient (Wildman–Crippen LogP) is 1.91. The molecule has 1 unspecified atom stereocenters. The van der Waals surface area contributed by atoms with E-state index in [1.807, 2.05) is 25.1 Å². The van der Waals surface area contributed by atoms with Gasteiger partial charge in [0.25, 0.3) is 0 Å². The van der Waals surface area contributed by atoms with Crippen LogP contribution < -0.4 is 10.1 Å². The number of H-pyrrole nitrogens is 1. The lowest BCUT2D eigenvalue weighted by molar-refractivity contribution is -0.139. The number of hydrogen-bond donors (Lipinski definition) is 3. The summed E-state index contributed by atoms with van der Waals surface area (Å²) >= 11 is 0. The average Bonchev–Trinajstić information content (AvgIpc) is 2.78. The molecule has 0 aliphatic heterocycles. The van der Waals surface area contributed by atoms with E-state index in [1.165, 1.54) is 0 Å². The van der Waals surface area contributed by atoms with Crippen molar-refractivity contribution in [1.29, 1.82) is 0 Å². The molecule has 1 aromatic carbocycles. The van der Waals surface area contributed by atoms with E-state index < -0.39 is 12.0 Å². The second-order valence-corrected chi connectivity index (χ2v) is 3.98. The van der Waals surface area contributed by atoms with Crippen LogP contribution in [0.1, 0.15) is 18.5 Å². The zero-order chi connectivity index (χ0) is 13.1. The number of aliphatic carboxylic acids is 1. The van der Waals surface area contributed by atoms with Crippen molar-refractivity contribution in [3.63, 3.8) is 0 Å². The maximum Gasteiger partial charge on any atom is 0.325 e. The Morgan fingerprint density at radius 2 is 2.33 bits per heavy atom. The molecule has 2 rings (SSSR count). The highest BCUT2D eigenvalue weighted by Gasteiger charge is 2.21. The summed E-state index contributed by atoms with van der Waals surface area (Å²) in [5, 5.41) is 13.1. The smallest absolute Gasteiger partial charge is 0.325 e. The van der Waals surface area contributed by atoms with Gasteiger partial charge in [0.05, 0.1) is 7.11 Å². The van der Waals surface area contributed by atoms with Gasteiger partial charge in [0, 0.05) is 22.7 Å². The van der Waals surface area contributed by atoms with Gasteiger partial charge in [-0.15, -0.1) is 0 Å². The van der Waals surface area contributed by atoms with Gasteiger partial charge in [-0.25, -0.2) is 0 Å². The molecule has 0 saturated heterocycles. The van der Waals surface area contributed by atoms with Crippen LogP contribution in [0.2, 0.25) is 0 Å². The van der Waals surface area contributed by atoms with Gasteiger partial charge in [0.15, 0.2) is 0 Å². The number of fused-ring (bicyclic) bond motifs is 1. The van der Waals surface area contributed by atoms with E-state index in [0.717, 1.165) is 16.5 Å². The van der Waals surface area contributed by atoms with Crippen molar-refractivity contribution in [3.8, 4) is 5.75 Å². The topological polar surface area (TPSA) is 74.4 Å². The molecule has 18 heavy (non-hydrogen) atoms. The number of likely N-dealkylation sites (N-methyl/N-ethyl adjacent to an activating group) is 1. The summed E-state index contributed by atoms with van der Waals surface area (Å²) in [6.45, 7) is 2.47. The number of nitrogens with one attached hydrogen (secondary N) is 2. The first-order valence-corrected chi connectivity index (χ1v) is 5.78. The number of carbonyl (C=O) groups is 1. The van der Waals surface area contributed by atoms with Gasteiger partial charge in [-0.05, 0) is 24.7 Å². The minimum atomic E-state index is -0.888. The number of hydrogen-bond acceptors (Lipinski definition) is 3. The predicted molar refractivity (Wildman–Crippen MR) is 68.9 cm³/mol. The Morgan fingerprint density at radius 3 is 2.94 bits per heavy atom. The average molecular weight is 248 g/mol. The molecule has 0 spiro atoms. The first-order chi connectivity index (χ1) is 8.67. The summed E-state index contributed by atoms with van der Waals surface area (Å²) in [4.78, 5) is 14.4. The monoisotopic (exact) mass is 248 g/mol. The van der Waals surface area contributed by atoms with E-state index in [0.29, 0.717) is 12.3 Å². The van der Waals surface area contributed by atoms with Crippen molar-refractivity contribution in [2.24, 2.45) is 0 Å². The first-order valence-electron chi connectivity index (χ1n) is 5.78. The van der Waals surface area contributed by atoms with Crippen LogP contribution in [0, 0.1) is 0 Å². The third-order valence-electron chi connectivity index (χ3n) is 2.89. The Kier molecular flexibility index (Phi) is 3.53. The van der Waals surface area contributed by atoms with E-state index in [4.69, 9.17) is 4.74 Å². The Labute approximate surface area is 105 Å². The molecule has 0 bridgehead atoms. The second-order valence-electron chi connectivity index (χ2n) is 3.98. The lowest BCUT2D eigenvalue weighted by Gasteiger charge is -2.12. The van der Waals surface area contributed by atoms with Crippen LogP contribution in [0.3, 0.4) is 0 Å². The molecule has 5 heteroatoms. The molecule has 0 amide bonds. The van der Waals surface area contributed by atoms with Crippen molar-refractivity contribution >= 4 is 16.9 Å². The number of rotatable bonds is 5. The maximum atomic E-state index is 11.3. The van der Waals surface area contributed by atoms with E-state index in [2.05, 4.69) is 10.3 Å². The number of benzene rings is 1. The molecule has 0 aliphatic rings. The van der Waals surface area contributed by atoms with Crippen LogP contribution in [0.4, 0.5) is 0 Å². The summed E-state index contributed by atoms with van der Waals surface area (Å²) in [6, 6.07) is 4.85. The maximum absolute atomic E-state index is 11.3. The SMILES string of the molecule is CCNC(C(=O)O)c1c[nH]c2ccc(OC)cc12. The van der Waals surface area contributed by atoms with Gasteiger partial charge < -0.3 is 20.1 Å². The lowest BCUT2D eigenvalue weighted by atomic mass is 10.1. The summed E-state index contributed by atoms with van der Waals surface area (Å²) in [7, 11) is 1.59. The van der Waals surface area contributed by atoms with Crippen LogP contribution >= 0.6 is 0 Å². The number of carboxylic acid groups (broad SMARTS) is 1. The molecule has 96 valence electrons. The number of aromatic amines is 1. The number of aromatic nitrogens is 1. The van der Waals surface area contributed by atoms with Gasteiger partial charge in [-0.1, -0.05) is 6.92 Å². The molecular formula is C13H16N2O3. The zero-order valence-electron chi connectivity index (χ0n) is 10.4. The van der Waals surface area contributed by atoms with Gasteiger partial charge in [-0.2, -0.15) is 0 Å². The van der Waals surface area contributed by atoms with Crippen LogP contribution in [-0.2, 0) is 4.79 Å². The third kappa shape index (κ3) is 2.17. The number of carboxylic acids is 1. The fraction of sp³-hybridized carbons (Fsp3) is 0.308. The van der Waals surface area contributed by atoms with Gasteiger partial charge in [0.2, 0.25) is 0 Å². The Morgan fingerprint density at radius 1 is 1.56 bits per heavy atom. The molecule has 0 saturated carbocycles. The molecule has 0 aliphatic carbocycles. The number of methoxy groups -OCH3 is 1. The summed E-state index contributed by atoms with van der Waals surface area (Å²) in [5.41, 5.74) is 1.62. The van der Waals surface area contributed by atoms with Crippen LogP contribution in [0.5, 0.6) is 5.75 Å². The van der Waals surface area contributed by atoms with Gasteiger partial charge >= 0.3 is 5.97 Å². The van der Waals surface area contributed by atoms with Crippen LogP contribution in [0.15, 0.2) is 24.4 Å². The second kappa shape index (κ2) is 5.10. The van der Waals surface area contributed by atoms with Gasteiger partial charge in [0.1, 0.15) is 11.8 Å². The van der Waals surface area contributed by atoms with E-state index >= 15 is 0 Å². The highest BCUT2D eigenvalue weighted by atomic mass is 16.5. The molecule has 0 radical (unpaired) electrons. The molecule has 5 nitrogen and oxygen atoms in total. The van der Waals surface area contributed by atoms with Crippen molar-refractivity contribution in [1.82, 2.24) is 10.3 Å². The van der Waals surface area contributed by atoms with Crippen LogP contribution in [0.25, 0.3) is 10.9 Å². The van der Waals surface area contributed by atoms with Crippen molar-refractivity contribution in [3.05, 3.63) is 30.0 Å². The third-order valence-corrected chi connectivity index (χ3v) is 2.89. The van der Waals surface area contributed by atoms with Crippen molar-refractivity contribution < 1.29 is 14.6 Å². The van der Waals surface area contributed by atoms with Crippen molar-refractivity contribution in [2.45, 2.75) is 13.0 Å².